The number of amides is 1. The van der Waals surface area contributed by atoms with Crippen LogP contribution in [0.4, 0.5) is 5.69 Å². The van der Waals surface area contributed by atoms with Crippen molar-refractivity contribution in [3.8, 4) is 6.07 Å². The lowest BCUT2D eigenvalue weighted by Gasteiger charge is -2.07. The normalized spacial score (nSPS) is 9.74. The van der Waals surface area contributed by atoms with Gasteiger partial charge in [-0.2, -0.15) is 5.26 Å². The van der Waals surface area contributed by atoms with Gasteiger partial charge in [-0.15, -0.1) is 0 Å². The number of halogens is 2. The topological polar surface area (TPSA) is 52.9 Å². The van der Waals surface area contributed by atoms with Gasteiger partial charge in [0.05, 0.1) is 22.2 Å². The minimum Gasteiger partial charge on any atom is -0.322 e. The van der Waals surface area contributed by atoms with Gasteiger partial charge in [0.1, 0.15) is 0 Å². The van der Waals surface area contributed by atoms with Gasteiger partial charge < -0.3 is 5.32 Å². The zero-order chi connectivity index (χ0) is 13.8. The predicted octanol–water partition coefficient (Wildman–Crippen LogP) is 4.12. The van der Waals surface area contributed by atoms with Crippen molar-refractivity contribution in [2.75, 3.05) is 5.32 Å². The lowest BCUT2D eigenvalue weighted by molar-refractivity contribution is 0.102. The summed E-state index contributed by atoms with van der Waals surface area (Å²) in [7, 11) is 0. The number of anilines is 1. The first-order chi connectivity index (χ1) is 9.10. The van der Waals surface area contributed by atoms with Crippen LogP contribution >= 0.6 is 23.2 Å². The average molecular weight is 291 g/mol. The van der Waals surface area contributed by atoms with E-state index in [0.717, 1.165) is 0 Å². The van der Waals surface area contributed by atoms with Crippen molar-refractivity contribution in [2.45, 2.75) is 0 Å². The molecule has 1 N–H and O–H groups in total. The molecule has 0 bridgehead atoms. The molecule has 0 heterocycles. The summed E-state index contributed by atoms with van der Waals surface area (Å²) in [4.78, 5) is 12.0. The highest BCUT2D eigenvalue weighted by Crippen LogP contribution is 2.22. The number of hydrogen-bond donors (Lipinski definition) is 1. The summed E-state index contributed by atoms with van der Waals surface area (Å²) in [5, 5.41) is 12.1. The number of carbonyl (C=O) groups excluding carboxylic acids is 1. The zero-order valence-electron chi connectivity index (χ0n) is 9.65. The summed E-state index contributed by atoms with van der Waals surface area (Å²) in [6.07, 6.45) is 0. The largest absolute Gasteiger partial charge is 0.322 e. The third-order valence-corrected chi connectivity index (χ3v) is 3.00. The first-order valence-corrected chi connectivity index (χ1v) is 6.12. The van der Waals surface area contributed by atoms with Crippen molar-refractivity contribution in [3.05, 3.63) is 63.6 Å². The van der Waals surface area contributed by atoms with Crippen molar-refractivity contribution < 1.29 is 4.79 Å². The maximum atomic E-state index is 12.0. The maximum absolute atomic E-state index is 12.0. The van der Waals surface area contributed by atoms with Crippen molar-refractivity contribution in [1.82, 2.24) is 0 Å². The molecule has 19 heavy (non-hydrogen) atoms. The molecule has 5 heteroatoms. The Bertz CT molecular complexity index is 660. The molecule has 0 aliphatic carbocycles. The number of hydrogen-bond acceptors (Lipinski definition) is 2. The number of nitrogens with zero attached hydrogens (tertiary/aromatic N) is 1. The predicted molar refractivity (Wildman–Crippen MR) is 75.6 cm³/mol. The maximum Gasteiger partial charge on any atom is 0.257 e. The van der Waals surface area contributed by atoms with Crippen LogP contribution in [-0.4, -0.2) is 5.91 Å². The Hall–Kier alpha value is -2.02. The molecule has 94 valence electrons. The number of nitrogens with one attached hydrogen (secondary N) is 1. The molecule has 2 aromatic carbocycles. The van der Waals surface area contributed by atoms with E-state index in [1.807, 2.05) is 6.07 Å². The first-order valence-electron chi connectivity index (χ1n) is 5.37. The first kappa shape index (κ1) is 13.4. The highest BCUT2D eigenvalue weighted by molar-refractivity contribution is 6.37. The van der Waals surface area contributed by atoms with Crippen molar-refractivity contribution in [1.29, 1.82) is 5.26 Å². The molecule has 0 saturated heterocycles. The second-order valence-corrected chi connectivity index (χ2v) is 4.61. The third-order valence-electron chi connectivity index (χ3n) is 2.45. The van der Waals surface area contributed by atoms with Crippen molar-refractivity contribution in [3.63, 3.8) is 0 Å². The molecular formula is C14H8Cl2N2O. The lowest BCUT2D eigenvalue weighted by Crippen LogP contribution is -2.12. The van der Waals surface area contributed by atoms with Gasteiger partial charge >= 0.3 is 0 Å². The van der Waals surface area contributed by atoms with Gasteiger partial charge in [0.2, 0.25) is 0 Å². The van der Waals surface area contributed by atoms with Gasteiger partial charge in [-0.25, -0.2) is 0 Å². The molecule has 0 spiro atoms. The Balaban J connectivity index is 2.18. The van der Waals surface area contributed by atoms with Gasteiger partial charge in [0.15, 0.2) is 0 Å². The van der Waals surface area contributed by atoms with Crippen LogP contribution in [0.25, 0.3) is 0 Å². The highest BCUT2D eigenvalue weighted by atomic mass is 35.5. The van der Waals surface area contributed by atoms with E-state index in [4.69, 9.17) is 28.5 Å². The van der Waals surface area contributed by atoms with E-state index in [1.165, 1.54) is 6.07 Å². The van der Waals surface area contributed by atoms with Crippen LogP contribution in [0.3, 0.4) is 0 Å². The number of rotatable bonds is 2. The van der Waals surface area contributed by atoms with Crippen LogP contribution in [0.15, 0.2) is 42.5 Å². The zero-order valence-corrected chi connectivity index (χ0v) is 11.2. The summed E-state index contributed by atoms with van der Waals surface area (Å²) in [5.74, 6) is -0.327. The summed E-state index contributed by atoms with van der Waals surface area (Å²) in [5.41, 5.74) is 1.47. The monoisotopic (exact) mass is 290 g/mol. The van der Waals surface area contributed by atoms with Crippen LogP contribution in [0, 0.1) is 11.3 Å². The average Bonchev–Trinajstić information content (AvgIpc) is 2.39. The smallest absolute Gasteiger partial charge is 0.257 e. The van der Waals surface area contributed by atoms with Gasteiger partial charge in [-0.05, 0) is 42.5 Å². The minimum absolute atomic E-state index is 0.290. The van der Waals surface area contributed by atoms with E-state index in [-0.39, 0.29) is 5.91 Å². The molecule has 0 atom stereocenters. The fraction of sp³-hybridized carbons (Fsp3) is 0. The molecule has 0 aliphatic heterocycles. The van der Waals surface area contributed by atoms with Crippen LogP contribution in [0.1, 0.15) is 15.9 Å². The molecule has 0 unspecified atom stereocenters. The molecule has 1 amide bonds. The molecule has 0 aromatic heterocycles. The van der Waals surface area contributed by atoms with Gasteiger partial charge in [0.25, 0.3) is 5.91 Å². The highest BCUT2D eigenvalue weighted by Gasteiger charge is 2.10. The third kappa shape index (κ3) is 3.25. The summed E-state index contributed by atoms with van der Waals surface area (Å²) < 4.78 is 0. The fourth-order valence-corrected chi connectivity index (χ4v) is 1.99. The molecule has 0 saturated carbocycles. The molecule has 2 aromatic rings. The minimum atomic E-state index is -0.327. The van der Waals surface area contributed by atoms with E-state index >= 15 is 0 Å². The Morgan fingerprint density at radius 3 is 2.37 bits per heavy atom. The number of nitriles is 1. The van der Waals surface area contributed by atoms with Crippen LogP contribution in [0.2, 0.25) is 10.0 Å². The second kappa shape index (κ2) is 5.75. The molecule has 0 aliphatic rings. The second-order valence-electron chi connectivity index (χ2n) is 3.77. The van der Waals surface area contributed by atoms with Gasteiger partial charge in [-0.3, -0.25) is 4.79 Å². The Morgan fingerprint density at radius 2 is 1.79 bits per heavy atom. The van der Waals surface area contributed by atoms with Crippen molar-refractivity contribution in [2.24, 2.45) is 0 Å². The number of benzene rings is 2. The Labute approximate surface area is 120 Å². The Kier molecular flexibility index (Phi) is 4.06. The summed E-state index contributed by atoms with van der Waals surface area (Å²) >= 11 is 11.7. The van der Waals surface area contributed by atoms with Crippen LogP contribution in [0.5, 0.6) is 0 Å². The fourth-order valence-electron chi connectivity index (χ4n) is 1.50. The van der Waals surface area contributed by atoms with E-state index in [1.54, 1.807) is 36.4 Å². The van der Waals surface area contributed by atoms with E-state index < -0.39 is 0 Å². The molecule has 2 rings (SSSR count). The molecular weight excluding hydrogens is 283 g/mol. The molecule has 0 fully saturated rings. The van der Waals surface area contributed by atoms with E-state index in [9.17, 15) is 4.79 Å². The lowest BCUT2D eigenvalue weighted by atomic mass is 10.2. The number of carbonyl (C=O) groups is 1. The Morgan fingerprint density at radius 1 is 1.11 bits per heavy atom. The summed E-state index contributed by atoms with van der Waals surface area (Å²) in [6, 6.07) is 13.2. The molecule has 3 nitrogen and oxygen atoms in total. The van der Waals surface area contributed by atoms with Crippen molar-refractivity contribution >= 4 is 34.8 Å². The SMILES string of the molecule is N#Cc1ccc(NC(=O)c2ccc(Cl)cc2Cl)cc1. The standard InChI is InChI=1S/C14H8Cl2N2O/c15-10-3-6-12(13(16)7-10)14(19)18-11-4-1-9(8-17)2-5-11/h1-7H,(H,18,19). The van der Waals surface area contributed by atoms with Crippen LogP contribution in [-0.2, 0) is 0 Å². The summed E-state index contributed by atoms with van der Waals surface area (Å²) in [6.45, 7) is 0. The van der Waals surface area contributed by atoms with Gasteiger partial charge in [0, 0.05) is 10.7 Å². The quantitative estimate of drug-likeness (QED) is 0.905. The van der Waals surface area contributed by atoms with Crippen LogP contribution < -0.4 is 5.32 Å². The van der Waals surface area contributed by atoms with E-state index in [2.05, 4.69) is 5.32 Å². The molecule has 0 radical (unpaired) electrons. The van der Waals surface area contributed by atoms with Gasteiger partial charge in [-0.1, -0.05) is 23.2 Å². The van der Waals surface area contributed by atoms with E-state index in [0.29, 0.717) is 26.9 Å².